The molecule has 0 saturated heterocycles. The van der Waals surface area contributed by atoms with Crippen LogP contribution in [0.4, 0.5) is 0 Å². The van der Waals surface area contributed by atoms with E-state index in [-0.39, 0.29) is 11.5 Å². The van der Waals surface area contributed by atoms with Gasteiger partial charge in [-0.2, -0.15) is 5.10 Å². The van der Waals surface area contributed by atoms with Gasteiger partial charge in [-0.3, -0.25) is 9.59 Å². The quantitative estimate of drug-likeness (QED) is 0.705. The van der Waals surface area contributed by atoms with Gasteiger partial charge in [0.25, 0.3) is 5.56 Å². The third-order valence-corrected chi connectivity index (χ3v) is 4.12. The van der Waals surface area contributed by atoms with E-state index in [1.165, 1.54) is 11.0 Å². The number of amides is 1. The molecule has 0 radical (unpaired) electrons. The minimum atomic E-state index is -0.699. The number of ether oxygens (including phenoxy) is 1. The van der Waals surface area contributed by atoms with E-state index in [4.69, 9.17) is 4.74 Å². The first kappa shape index (κ1) is 17.7. The summed E-state index contributed by atoms with van der Waals surface area (Å²) < 4.78 is 8.37. The number of rotatable bonds is 7. The van der Waals surface area contributed by atoms with Gasteiger partial charge in [-0.1, -0.05) is 19.1 Å². The van der Waals surface area contributed by atoms with Gasteiger partial charge in [-0.25, -0.2) is 4.68 Å². The highest BCUT2D eigenvalue weighted by atomic mass is 16.5. The molecule has 0 saturated carbocycles. The molecule has 1 amide bonds. The molecule has 3 rings (SSSR count). The van der Waals surface area contributed by atoms with Crippen molar-refractivity contribution in [2.45, 2.75) is 32.9 Å². The minimum Gasteiger partial charge on any atom is -0.494 e. The van der Waals surface area contributed by atoms with Crippen molar-refractivity contribution in [3.63, 3.8) is 0 Å². The maximum Gasteiger partial charge on any atom is 0.291 e. The molecular weight excluding hydrogens is 332 g/mol. The number of hydrogen-bond donors (Lipinski definition) is 1. The Labute approximate surface area is 151 Å². The molecule has 0 spiro atoms. The average molecular weight is 354 g/mol. The number of nitrogens with one attached hydrogen (secondary N) is 1. The highest BCUT2D eigenvalue weighted by molar-refractivity contribution is 5.79. The molecule has 1 unspecified atom stereocenters. The monoisotopic (exact) mass is 354 g/mol. The van der Waals surface area contributed by atoms with Gasteiger partial charge in [0.05, 0.1) is 6.61 Å². The summed E-state index contributed by atoms with van der Waals surface area (Å²) >= 11 is 0. The molecule has 1 aromatic carbocycles. The van der Waals surface area contributed by atoms with E-state index < -0.39 is 6.04 Å². The first-order valence-electron chi connectivity index (χ1n) is 8.64. The molecule has 7 nitrogen and oxygen atoms in total. The fourth-order valence-electron chi connectivity index (χ4n) is 2.60. The largest absolute Gasteiger partial charge is 0.494 e. The van der Waals surface area contributed by atoms with Gasteiger partial charge in [-0.05, 0) is 43.2 Å². The second-order valence-corrected chi connectivity index (χ2v) is 6.07. The van der Waals surface area contributed by atoms with Gasteiger partial charge in [0, 0.05) is 12.7 Å². The van der Waals surface area contributed by atoms with Gasteiger partial charge in [-0.15, -0.1) is 0 Å². The summed E-state index contributed by atoms with van der Waals surface area (Å²) in [5.74, 6) is 0.549. The average Bonchev–Trinajstić information content (AvgIpc) is 3.15. The lowest BCUT2D eigenvalue weighted by Crippen LogP contribution is -2.37. The van der Waals surface area contributed by atoms with E-state index in [1.54, 1.807) is 29.7 Å². The summed E-state index contributed by atoms with van der Waals surface area (Å²) in [7, 11) is 0. The van der Waals surface area contributed by atoms with E-state index in [2.05, 4.69) is 17.3 Å². The maximum atomic E-state index is 12.4. The maximum absolute atomic E-state index is 12.4. The van der Waals surface area contributed by atoms with Crippen LogP contribution < -0.4 is 15.6 Å². The summed E-state index contributed by atoms with van der Waals surface area (Å²) in [5, 5.41) is 6.93. The highest BCUT2D eigenvalue weighted by Crippen LogP contribution is 2.12. The standard InChI is InChI=1S/C19H22N4O3/c1-3-11-26-16-8-6-15(7-9-16)12-20-18(24)14(2)23-19(25)17-5-4-10-22(17)13-21-23/h4-10,13-14H,3,11-12H2,1-2H3,(H,20,24). The topological polar surface area (TPSA) is 77.6 Å². The van der Waals surface area contributed by atoms with Crippen molar-refractivity contribution in [1.82, 2.24) is 19.5 Å². The summed E-state index contributed by atoms with van der Waals surface area (Å²) in [6.45, 7) is 4.77. The van der Waals surface area contributed by atoms with Crippen LogP contribution in [0.2, 0.25) is 0 Å². The number of nitrogens with zero attached hydrogens (tertiary/aromatic N) is 3. The first-order valence-corrected chi connectivity index (χ1v) is 8.64. The van der Waals surface area contributed by atoms with Crippen molar-refractivity contribution in [2.24, 2.45) is 0 Å². The predicted octanol–water partition coefficient (Wildman–Crippen LogP) is 2.16. The first-order chi connectivity index (χ1) is 12.6. The van der Waals surface area contributed by atoms with Crippen LogP contribution in [-0.4, -0.2) is 26.7 Å². The summed E-state index contributed by atoms with van der Waals surface area (Å²) in [6.07, 6.45) is 4.22. The van der Waals surface area contributed by atoms with Crippen LogP contribution in [-0.2, 0) is 11.3 Å². The fraction of sp³-hybridized carbons (Fsp3) is 0.316. The number of benzene rings is 1. The summed E-state index contributed by atoms with van der Waals surface area (Å²) in [5.41, 5.74) is 1.15. The Balaban J connectivity index is 1.63. The number of carbonyl (C=O) groups is 1. The third-order valence-electron chi connectivity index (χ3n) is 4.12. The van der Waals surface area contributed by atoms with Gasteiger partial charge in [0.2, 0.25) is 5.91 Å². The van der Waals surface area contributed by atoms with Crippen LogP contribution in [0.3, 0.4) is 0 Å². The van der Waals surface area contributed by atoms with E-state index in [0.717, 1.165) is 17.7 Å². The van der Waals surface area contributed by atoms with Crippen molar-refractivity contribution >= 4 is 11.4 Å². The Morgan fingerprint density at radius 3 is 2.77 bits per heavy atom. The Hall–Kier alpha value is -3.09. The zero-order valence-electron chi connectivity index (χ0n) is 14.9. The molecule has 7 heteroatoms. The van der Waals surface area contributed by atoms with Crippen LogP contribution >= 0.6 is 0 Å². The molecular formula is C19H22N4O3. The van der Waals surface area contributed by atoms with Gasteiger partial charge in [0.1, 0.15) is 23.6 Å². The normalized spacial score (nSPS) is 12.1. The van der Waals surface area contributed by atoms with Crippen molar-refractivity contribution < 1.29 is 9.53 Å². The van der Waals surface area contributed by atoms with Crippen LogP contribution in [0.25, 0.3) is 5.52 Å². The highest BCUT2D eigenvalue weighted by Gasteiger charge is 2.18. The lowest BCUT2D eigenvalue weighted by Gasteiger charge is -2.14. The van der Waals surface area contributed by atoms with Crippen molar-refractivity contribution in [3.8, 4) is 5.75 Å². The molecule has 3 aromatic rings. The van der Waals surface area contributed by atoms with Gasteiger partial charge >= 0.3 is 0 Å². The number of hydrogen-bond acceptors (Lipinski definition) is 4. The Bertz CT molecular complexity index is 943. The molecule has 2 heterocycles. The summed E-state index contributed by atoms with van der Waals surface area (Å²) in [6, 6.07) is 10.4. The number of fused-ring (bicyclic) bond motifs is 1. The molecule has 0 aliphatic rings. The SMILES string of the molecule is CCCOc1ccc(CNC(=O)C(C)n2ncn3cccc3c2=O)cc1. The van der Waals surface area contributed by atoms with E-state index in [1.807, 2.05) is 24.3 Å². The summed E-state index contributed by atoms with van der Waals surface area (Å²) in [4.78, 5) is 24.8. The minimum absolute atomic E-state index is 0.262. The fourth-order valence-corrected chi connectivity index (χ4v) is 2.60. The predicted molar refractivity (Wildman–Crippen MR) is 98.2 cm³/mol. The van der Waals surface area contributed by atoms with E-state index in [0.29, 0.717) is 18.7 Å². The Morgan fingerprint density at radius 2 is 2.04 bits per heavy atom. The molecule has 0 bridgehead atoms. The molecule has 1 N–H and O–H groups in total. The second-order valence-electron chi connectivity index (χ2n) is 6.07. The number of aromatic nitrogens is 3. The molecule has 1 atom stereocenters. The van der Waals surface area contributed by atoms with Crippen LogP contribution in [0.15, 0.2) is 53.7 Å². The number of carbonyl (C=O) groups excluding carboxylic acids is 1. The zero-order chi connectivity index (χ0) is 18.5. The molecule has 0 aliphatic carbocycles. The molecule has 0 aliphatic heterocycles. The zero-order valence-corrected chi connectivity index (χ0v) is 14.9. The van der Waals surface area contributed by atoms with Crippen molar-refractivity contribution in [1.29, 1.82) is 0 Å². The molecule has 0 fully saturated rings. The lowest BCUT2D eigenvalue weighted by molar-refractivity contribution is -0.124. The van der Waals surface area contributed by atoms with Crippen molar-refractivity contribution in [2.75, 3.05) is 6.61 Å². The van der Waals surface area contributed by atoms with Crippen LogP contribution in [0.5, 0.6) is 5.75 Å². The van der Waals surface area contributed by atoms with E-state index in [9.17, 15) is 9.59 Å². The molecule has 26 heavy (non-hydrogen) atoms. The molecule has 2 aromatic heterocycles. The van der Waals surface area contributed by atoms with Crippen molar-refractivity contribution in [3.05, 3.63) is 64.8 Å². The molecule has 136 valence electrons. The van der Waals surface area contributed by atoms with Gasteiger partial charge in [0.15, 0.2) is 0 Å². The van der Waals surface area contributed by atoms with Crippen LogP contribution in [0.1, 0.15) is 31.9 Å². The smallest absolute Gasteiger partial charge is 0.291 e. The third kappa shape index (κ3) is 3.77. The van der Waals surface area contributed by atoms with Crippen LogP contribution in [0, 0.1) is 0 Å². The van der Waals surface area contributed by atoms with Gasteiger partial charge < -0.3 is 14.5 Å². The van der Waals surface area contributed by atoms with E-state index >= 15 is 0 Å². The Morgan fingerprint density at radius 1 is 1.27 bits per heavy atom. The second kappa shape index (κ2) is 7.86. The Kier molecular flexibility index (Phi) is 5.36. The lowest BCUT2D eigenvalue weighted by atomic mass is 10.2.